The number of fused-ring (bicyclic) bond motifs is 3. The number of rotatable bonds is 0. The van der Waals surface area contributed by atoms with Crippen LogP contribution >= 0.6 is 11.6 Å². The van der Waals surface area contributed by atoms with Gasteiger partial charge in [-0.15, -0.1) is 0 Å². The Labute approximate surface area is 116 Å². The molecule has 4 aromatic carbocycles. The van der Waals surface area contributed by atoms with Crippen molar-refractivity contribution < 1.29 is 0 Å². The molecule has 19 heavy (non-hydrogen) atoms. The fraction of sp³-hybridized carbons (Fsp3) is 0. The lowest BCUT2D eigenvalue weighted by Gasteiger charge is -2.05. The minimum atomic E-state index is 0.785. The average molecular weight is 263 g/mol. The molecule has 0 atom stereocenters. The normalized spacial score (nSPS) is 11.4. The summed E-state index contributed by atoms with van der Waals surface area (Å²) in [6, 6.07) is 23.4. The maximum atomic E-state index is 6.06. The zero-order valence-electron chi connectivity index (χ0n) is 10.2. The molecule has 90 valence electrons. The van der Waals surface area contributed by atoms with Crippen molar-refractivity contribution in [2.24, 2.45) is 0 Å². The summed E-state index contributed by atoms with van der Waals surface area (Å²) >= 11 is 6.06. The smallest absolute Gasteiger partial charge is 0.0412 e. The molecule has 0 aromatic heterocycles. The quantitative estimate of drug-likeness (QED) is 0.351. The van der Waals surface area contributed by atoms with Gasteiger partial charge in [-0.2, -0.15) is 0 Å². The van der Waals surface area contributed by atoms with Gasteiger partial charge in [0, 0.05) is 5.02 Å². The molecule has 0 saturated carbocycles. The molecule has 0 radical (unpaired) electrons. The van der Waals surface area contributed by atoms with Gasteiger partial charge >= 0.3 is 0 Å². The lowest BCUT2D eigenvalue weighted by atomic mass is 10.00. The molecule has 0 bridgehead atoms. The van der Waals surface area contributed by atoms with Crippen LogP contribution < -0.4 is 0 Å². The van der Waals surface area contributed by atoms with Crippen LogP contribution in [0.15, 0.2) is 66.7 Å². The molecule has 4 aromatic rings. The zero-order valence-corrected chi connectivity index (χ0v) is 11.0. The maximum absolute atomic E-state index is 6.06. The molecule has 0 unspecified atom stereocenters. The molecule has 0 aliphatic heterocycles. The third-order valence-corrected chi connectivity index (χ3v) is 3.86. The zero-order chi connectivity index (χ0) is 12.8. The van der Waals surface area contributed by atoms with Crippen LogP contribution in [0.1, 0.15) is 0 Å². The monoisotopic (exact) mass is 262 g/mol. The Hall–Kier alpha value is -2.05. The largest absolute Gasteiger partial charge is 0.0843 e. The maximum Gasteiger partial charge on any atom is 0.0412 e. The first-order chi connectivity index (χ1) is 9.29. The van der Waals surface area contributed by atoms with Crippen molar-refractivity contribution in [2.75, 3.05) is 0 Å². The van der Waals surface area contributed by atoms with E-state index in [-0.39, 0.29) is 0 Å². The lowest BCUT2D eigenvalue weighted by molar-refractivity contribution is 1.77. The predicted octanol–water partition coefficient (Wildman–Crippen LogP) is 5.80. The summed E-state index contributed by atoms with van der Waals surface area (Å²) in [5.74, 6) is 0. The van der Waals surface area contributed by atoms with Crippen molar-refractivity contribution in [3.63, 3.8) is 0 Å². The van der Waals surface area contributed by atoms with Crippen molar-refractivity contribution in [1.29, 1.82) is 0 Å². The summed E-state index contributed by atoms with van der Waals surface area (Å²) in [4.78, 5) is 0. The van der Waals surface area contributed by atoms with E-state index < -0.39 is 0 Å². The molecule has 1 heteroatoms. The van der Waals surface area contributed by atoms with Crippen molar-refractivity contribution in [2.45, 2.75) is 0 Å². The van der Waals surface area contributed by atoms with Crippen LogP contribution in [0.2, 0.25) is 5.02 Å². The molecule has 0 saturated heterocycles. The average Bonchev–Trinajstić information content (AvgIpc) is 2.43. The third-order valence-electron chi connectivity index (χ3n) is 3.62. The fourth-order valence-electron chi connectivity index (χ4n) is 2.66. The summed E-state index contributed by atoms with van der Waals surface area (Å²) in [6.07, 6.45) is 0. The lowest BCUT2D eigenvalue weighted by Crippen LogP contribution is -1.78. The number of halogens is 1. The Balaban J connectivity index is 2.16. The molecule has 0 amide bonds. The second kappa shape index (κ2) is 3.97. The molecule has 0 heterocycles. The van der Waals surface area contributed by atoms with Crippen molar-refractivity contribution in [1.82, 2.24) is 0 Å². The SMILES string of the molecule is Clc1ccc2cc3cc4ccccc4cc3cc2c1. The third kappa shape index (κ3) is 1.76. The highest BCUT2D eigenvalue weighted by molar-refractivity contribution is 6.31. The van der Waals surface area contributed by atoms with Gasteiger partial charge in [-0.25, -0.2) is 0 Å². The van der Waals surface area contributed by atoms with Crippen LogP contribution in [-0.2, 0) is 0 Å². The van der Waals surface area contributed by atoms with Gasteiger partial charge in [0.1, 0.15) is 0 Å². The number of benzene rings is 4. The highest BCUT2D eigenvalue weighted by Gasteiger charge is 2.01. The van der Waals surface area contributed by atoms with Crippen molar-refractivity contribution >= 4 is 43.9 Å². The van der Waals surface area contributed by atoms with E-state index in [0.717, 1.165) is 5.02 Å². The minimum Gasteiger partial charge on any atom is -0.0843 e. The highest BCUT2D eigenvalue weighted by Crippen LogP contribution is 2.28. The number of hydrogen-bond donors (Lipinski definition) is 0. The molecule has 0 spiro atoms. The summed E-state index contributed by atoms with van der Waals surface area (Å²) in [7, 11) is 0. The summed E-state index contributed by atoms with van der Waals surface area (Å²) < 4.78 is 0. The van der Waals surface area contributed by atoms with E-state index in [2.05, 4.69) is 54.6 Å². The van der Waals surface area contributed by atoms with Gasteiger partial charge in [0.05, 0.1) is 0 Å². The van der Waals surface area contributed by atoms with Gasteiger partial charge in [0.25, 0.3) is 0 Å². The van der Waals surface area contributed by atoms with Gasteiger partial charge in [-0.3, -0.25) is 0 Å². The molecule has 4 rings (SSSR count). The van der Waals surface area contributed by atoms with Gasteiger partial charge in [0.15, 0.2) is 0 Å². The van der Waals surface area contributed by atoms with Gasteiger partial charge in [-0.05, 0) is 68.7 Å². The summed E-state index contributed by atoms with van der Waals surface area (Å²) in [6.45, 7) is 0. The Morgan fingerprint density at radius 2 is 0.947 bits per heavy atom. The van der Waals surface area contributed by atoms with Crippen LogP contribution in [0.4, 0.5) is 0 Å². The van der Waals surface area contributed by atoms with E-state index in [1.807, 2.05) is 12.1 Å². The van der Waals surface area contributed by atoms with Crippen molar-refractivity contribution in [3.8, 4) is 0 Å². The Morgan fingerprint density at radius 3 is 1.58 bits per heavy atom. The molecular formula is C18H11Cl. The number of hydrogen-bond acceptors (Lipinski definition) is 0. The van der Waals surface area contributed by atoms with Crippen LogP contribution in [0.25, 0.3) is 32.3 Å². The van der Waals surface area contributed by atoms with E-state index in [4.69, 9.17) is 11.6 Å². The first-order valence-corrected chi connectivity index (χ1v) is 6.69. The van der Waals surface area contributed by atoms with Gasteiger partial charge in [0.2, 0.25) is 0 Å². The van der Waals surface area contributed by atoms with E-state index in [9.17, 15) is 0 Å². The van der Waals surface area contributed by atoms with E-state index in [0.29, 0.717) is 0 Å². The standard InChI is InChI=1S/C18H11Cl/c19-18-6-5-14-9-15-7-12-3-1-2-4-13(12)8-16(15)10-17(14)11-18/h1-11H. The van der Waals surface area contributed by atoms with E-state index in [1.165, 1.54) is 32.3 Å². The van der Waals surface area contributed by atoms with E-state index in [1.54, 1.807) is 0 Å². The van der Waals surface area contributed by atoms with Crippen LogP contribution in [0, 0.1) is 0 Å². The first kappa shape index (κ1) is 10.8. The van der Waals surface area contributed by atoms with Crippen LogP contribution in [0.5, 0.6) is 0 Å². The van der Waals surface area contributed by atoms with E-state index >= 15 is 0 Å². The topological polar surface area (TPSA) is 0 Å². The molecule has 0 nitrogen and oxygen atoms in total. The fourth-order valence-corrected chi connectivity index (χ4v) is 2.84. The Bertz CT molecular complexity index is 922. The highest BCUT2D eigenvalue weighted by atomic mass is 35.5. The Morgan fingerprint density at radius 1 is 0.474 bits per heavy atom. The molecule has 0 fully saturated rings. The minimum absolute atomic E-state index is 0.785. The van der Waals surface area contributed by atoms with Gasteiger partial charge in [-0.1, -0.05) is 41.9 Å². The Kier molecular flexibility index (Phi) is 2.27. The molecular weight excluding hydrogens is 252 g/mol. The molecule has 0 aliphatic rings. The summed E-state index contributed by atoms with van der Waals surface area (Å²) in [5, 5.41) is 8.29. The second-order valence-corrected chi connectivity index (χ2v) is 5.33. The van der Waals surface area contributed by atoms with Gasteiger partial charge < -0.3 is 0 Å². The molecule has 0 aliphatic carbocycles. The predicted molar refractivity (Wildman–Crippen MR) is 84.0 cm³/mol. The van der Waals surface area contributed by atoms with Crippen LogP contribution in [0.3, 0.4) is 0 Å². The summed E-state index contributed by atoms with van der Waals surface area (Å²) in [5.41, 5.74) is 0. The first-order valence-electron chi connectivity index (χ1n) is 6.31. The molecule has 0 N–H and O–H groups in total. The second-order valence-electron chi connectivity index (χ2n) is 4.89. The van der Waals surface area contributed by atoms with Crippen molar-refractivity contribution in [3.05, 3.63) is 71.8 Å². The van der Waals surface area contributed by atoms with Crippen LogP contribution in [-0.4, -0.2) is 0 Å².